The van der Waals surface area contributed by atoms with Crippen LogP contribution in [0.3, 0.4) is 0 Å². The molecule has 0 aliphatic rings. The van der Waals surface area contributed by atoms with Crippen molar-refractivity contribution in [2.45, 2.75) is 328 Å². The maximum absolute atomic E-state index is 12.8. The Balaban J connectivity index is 0.000000180. The number of hydrogen-bond acceptors (Lipinski definition) is 24. The standard InChI is InChI=1S/2C60H64N4O6.C4H6O4.2Co/c2*1-55(2,3)29-23-31-45(65)32(24-29)52-62-42-40-28(20-36(48(42)68-52)58(10,11)12)22-38(60(16,17)18)50-44(40)64-54(70-50)34-26-30(56(4,5)6)25-33(46(34)66)53-63-43-39-27(21-37(49(43)69-53)59(13,14)15)19-35(57(7,8)9)47-41(39)61-51(31)67-47;1-3(5)7-8-4(2)6;;/h2*19-26,65-66H,1-18H3;1-2H3;;. The average molecular weight is 2110 g/mol. The molecule has 22 aromatic rings. The van der Waals surface area contributed by atoms with Gasteiger partial charge in [0.1, 0.15) is 67.1 Å². The second-order valence-corrected chi connectivity index (χ2v) is 53.2. The van der Waals surface area contributed by atoms with E-state index in [1.807, 2.05) is 48.5 Å². The van der Waals surface area contributed by atoms with Crippen molar-refractivity contribution in [2.24, 2.45) is 0 Å². The van der Waals surface area contributed by atoms with Gasteiger partial charge in [-0.2, -0.15) is 0 Å². The van der Waals surface area contributed by atoms with E-state index in [-0.39, 0.29) is 167 Å². The van der Waals surface area contributed by atoms with Crippen LogP contribution in [0.15, 0.2) is 132 Å². The molecule has 24 nitrogen and oxygen atoms in total. The summed E-state index contributed by atoms with van der Waals surface area (Å²) in [6, 6.07) is 33.1. The number of oxazole rings is 8. The number of carbonyl (C=O) groups is 2. The Bertz CT molecular complexity index is 8100. The summed E-state index contributed by atoms with van der Waals surface area (Å²) in [4.78, 5) is 70.2. The smallest absolute Gasteiger partial charge is 0.352 e. The van der Waals surface area contributed by atoms with Crippen LogP contribution in [0.2, 0.25) is 0 Å². The molecule has 784 valence electrons. The molecule has 2 radical (unpaired) electrons. The van der Waals surface area contributed by atoms with Crippen molar-refractivity contribution in [2.75, 3.05) is 0 Å². The van der Waals surface area contributed by atoms with Crippen LogP contribution < -0.4 is 0 Å². The third kappa shape index (κ3) is 17.8. The van der Waals surface area contributed by atoms with Crippen LogP contribution in [0, 0.1) is 0 Å². The van der Waals surface area contributed by atoms with Crippen LogP contribution >= 0.6 is 0 Å². The molecule has 10 aromatic heterocycles. The molecule has 0 unspecified atom stereocenters. The van der Waals surface area contributed by atoms with Crippen LogP contribution in [0.4, 0.5) is 0 Å². The molecule has 0 amide bonds. The van der Waals surface area contributed by atoms with Gasteiger partial charge < -0.3 is 55.8 Å². The summed E-state index contributed by atoms with van der Waals surface area (Å²) >= 11 is 0. The summed E-state index contributed by atoms with van der Waals surface area (Å²) in [7, 11) is 0. The van der Waals surface area contributed by atoms with Crippen LogP contribution in [0.25, 0.3) is 221 Å². The largest absolute Gasteiger partial charge is 0.506 e. The van der Waals surface area contributed by atoms with E-state index in [9.17, 15) is 30.0 Å². The molecule has 10 heterocycles. The molecule has 4 N–H and O–H groups in total. The van der Waals surface area contributed by atoms with E-state index in [0.29, 0.717) is 132 Å². The molecule has 22 rings (SSSR count). The number of carbonyl (C=O) groups excluding carboxylic acids is 2. The van der Waals surface area contributed by atoms with Crippen molar-refractivity contribution >= 4 is 233 Å². The Hall–Kier alpha value is -13.4. The summed E-state index contributed by atoms with van der Waals surface area (Å²) in [5.74, 6) is -1.55. The van der Waals surface area contributed by atoms with Crippen LogP contribution in [-0.2, 0) is 118 Å². The molecule has 0 aliphatic heterocycles. The molecule has 0 aliphatic carbocycles. The first-order valence-corrected chi connectivity index (χ1v) is 51.0. The van der Waals surface area contributed by atoms with Crippen LogP contribution in [-0.4, -0.2) is 72.2 Å². The normalized spacial score (nSPS) is 13.5. The third-order valence-electron chi connectivity index (χ3n) is 28.9. The van der Waals surface area contributed by atoms with Gasteiger partial charge in [0.25, 0.3) is 0 Å². The molecule has 0 spiro atoms. The van der Waals surface area contributed by atoms with Gasteiger partial charge in [-0.3, -0.25) is 0 Å². The van der Waals surface area contributed by atoms with E-state index in [1.165, 1.54) is 0 Å². The minimum absolute atomic E-state index is 0. The first-order chi connectivity index (χ1) is 68.2. The second-order valence-electron chi connectivity index (χ2n) is 53.2. The molecule has 26 heteroatoms. The molecular formula is C124H134Co2N8O16. The van der Waals surface area contributed by atoms with E-state index in [4.69, 9.17) is 75.2 Å². The number of aromatic nitrogens is 8. The van der Waals surface area contributed by atoms with E-state index in [0.717, 1.165) is 124 Å². The maximum Gasteiger partial charge on any atom is 0.352 e. The number of phenolic OH excluding ortho intramolecular Hbond substituents is 4. The summed E-state index contributed by atoms with van der Waals surface area (Å²) in [5, 5.41) is 60.9. The monoisotopic (exact) mass is 2110 g/mol. The fraction of sp³-hybridized carbons (Fsp3) is 0.403. The topological polar surface area (TPSA) is 342 Å². The Morgan fingerprint density at radius 1 is 0.200 bits per heavy atom. The molecular weight excluding hydrogens is 1980 g/mol. The van der Waals surface area contributed by atoms with Gasteiger partial charge in [0.05, 0.1) is 43.1 Å². The summed E-state index contributed by atoms with van der Waals surface area (Å²) in [5.41, 5.74) is 18.1. The fourth-order valence-corrected chi connectivity index (χ4v) is 20.5. The van der Waals surface area contributed by atoms with Gasteiger partial charge in [-0.25, -0.2) is 59.2 Å². The van der Waals surface area contributed by atoms with Gasteiger partial charge in [0.15, 0.2) is 44.7 Å². The number of phenols is 4. The molecule has 24 bridgehead atoms. The van der Waals surface area contributed by atoms with Gasteiger partial charge in [-0.1, -0.05) is 249 Å². The average Bonchev–Trinajstić information content (AvgIpc) is 1.41. The second kappa shape index (κ2) is 34.6. The molecule has 12 aromatic carbocycles. The number of fused-ring (bicyclic) bond motifs is 24. The number of aromatic hydroxyl groups is 4. The Morgan fingerprint density at radius 3 is 0.407 bits per heavy atom. The Kier molecular flexibility index (Phi) is 24.5. The van der Waals surface area contributed by atoms with E-state index >= 15 is 0 Å². The fourth-order valence-electron chi connectivity index (χ4n) is 20.5. The molecule has 0 fully saturated rings. The quantitative estimate of drug-likeness (QED) is 0.0809. The first kappa shape index (κ1) is 106. The van der Waals surface area contributed by atoms with Crippen molar-refractivity contribution in [3.63, 3.8) is 0 Å². The van der Waals surface area contributed by atoms with Crippen LogP contribution in [0.5, 0.6) is 23.0 Å². The predicted molar refractivity (Wildman–Crippen MR) is 596 cm³/mol. The molecule has 0 saturated heterocycles. The summed E-state index contributed by atoms with van der Waals surface area (Å²) in [6.07, 6.45) is 0. The van der Waals surface area contributed by atoms with E-state index in [2.05, 4.69) is 308 Å². The van der Waals surface area contributed by atoms with Gasteiger partial charge in [-0.05, 0) is 206 Å². The van der Waals surface area contributed by atoms with Gasteiger partial charge >= 0.3 is 11.9 Å². The van der Waals surface area contributed by atoms with Crippen molar-refractivity contribution in [1.82, 2.24) is 39.9 Å². The predicted octanol–water partition coefficient (Wildman–Crippen LogP) is 33.9. The molecule has 0 saturated carbocycles. The summed E-state index contributed by atoms with van der Waals surface area (Å²) in [6.45, 7) is 79.8. The molecule has 0 atom stereocenters. The number of nitrogens with zero attached hydrogens (tertiary/aromatic N) is 8. The molecule has 150 heavy (non-hydrogen) atoms. The zero-order valence-corrected chi connectivity index (χ0v) is 95.3. The van der Waals surface area contributed by atoms with E-state index < -0.39 is 11.9 Å². The van der Waals surface area contributed by atoms with E-state index in [1.54, 1.807) is 0 Å². The van der Waals surface area contributed by atoms with Gasteiger partial charge in [-0.15, -0.1) is 0 Å². The minimum Gasteiger partial charge on any atom is -0.506 e. The van der Waals surface area contributed by atoms with Crippen molar-refractivity contribution in [1.29, 1.82) is 0 Å². The Labute approximate surface area is 890 Å². The van der Waals surface area contributed by atoms with Crippen molar-refractivity contribution in [3.8, 4) is 23.0 Å². The van der Waals surface area contributed by atoms with Crippen LogP contribution in [0.1, 0.15) is 330 Å². The maximum atomic E-state index is 12.8. The Morgan fingerprint density at radius 2 is 0.313 bits per heavy atom. The number of benzene rings is 12. The van der Waals surface area contributed by atoms with Crippen molar-refractivity contribution < 1.29 is 109 Å². The van der Waals surface area contributed by atoms with Gasteiger partial charge in [0, 0.05) is 113 Å². The summed E-state index contributed by atoms with van der Waals surface area (Å²) < 4.78 is 56.0. The SMILES string of the molecule is CC(=O)OOC(C)=O.CC(C)(C)c1cc2c(O)c(c1)c1nc3c(o1)c(C(C)(C)C)cc1cc(C(C)(C)C)c4oc(nc4c13)c1cc(C(C)(C)C)cc(c1O)c1nc3c(o1)c(C(C)(C)C)cc1cc(C(C)(C)C)c4oc2nc4c13.CC(C)(C)c1cc2c(O)c(c1)c1nc3c(o1)c(C(C)(C)C)cc1cc(C(C)(C)C)c4oc(nc4c13)c1cc(C(C)(C)C)cc(c1O)c1nc3c(o1)c(C(C)(C)C)cc1cc(C(C)(C)C)c4oc2nc4c13.[Co].[Co]. The zero-order chi connectivity index (χ0) is 108. The zero-order valence-electron chi connectivity index (χ0n) is 93.2. The number of rotatable bonds is 0. The van der Waals surface area contributed by atoms with Gasteiger partial charge in [0.2, 0.25) is 45.7 Å². The minimum atomic E-state index is -0.639. The third-order valence-corrected chi connectivity index (χ3v) is 28.9. The number of hydrogen-bond donors (Lipinski definition) is 4. The first-order valence-electron chi connectivity index (χ1n) is 51.0. The van der Waals surface area contributed by atoms with Crippen molar-refractivity contribution in [3.05, 3.63) is 164 Å².